The van der Waals surface area contributed by atoms with Crippen molar-refractivity contribution in [2.45, 2.75) is 51.0 Å². The van der Waals surface area contributed by atoms with Gasteiger partial charge in [-0.15, -0.1) is 0 Å². The molecule has 3 aliphatic rings. The number of amides is 2. The second kappa shape index (κ2) is 9.06. The number of hydrogen-bond donors (Lipinski definition) is 1. The van der Waals surface area contributed by atoms with Gasteiger partial charge < -0.3 is 9.64 Å². The molecule has 150 valence electrons. The van der Waals surface area contributed by atoms with Gasteiger partial charge in [0.05, 0.1) is 25.5 Å². The highest BCUT2D eigenvalue weighted by Crippen LogP contribution is 2.30. The molecule has 0 bridgehead atoms. The summed E-state index contributed by atoms with van der Waals surface area (Å²) in [6.07, 6.45) is 10.3. The number of rotatable bonds is 4. The van der Waals surface area contributed by atoms with E-state index < -0.39 is 0 Å². The Balaban J connectivity index is 1.32. The SMILES string of the molecule is O=C(Nc1ccnn1C1CCCCC1)N1CCCC(CN2CCOCC2)C1. The first-order valence-corrected chi connectivity index (χ1v) is 10.7. The average Bonchev–Trinajstić information content (AvgIpc) is 3.18. The highest BCUT2D eigenvalue weighted by molar-refractivity contribution is 5.88. The molecule has 7 heteroatoms. The Hall–Kier alpha value is -1.60. The van der Waals surface area contributed by atoms with Crippen LogP contribution in [0.25, 0.3) is 0 Å². The van der Waals surface area contributed by atoms with Gasteiger partial charge in [0.15, 0.2) is 0 Å². The van der Waals surface area contributed by atoms with Crippen LogP contribution in [-0.2, 0) is 4.74 Å². The number of likely N-dealkylation sites (tertiary alicyclic amines) is 1. The summed E-state index contributed by atoms with van der Waals surface area (Å²) in [7, 11) is 0. The lowest BCUT2D eigenvalue weighted by atomic mass is 9.96. The van der Waals surface area contributed by atoms with Crippen molar-refractivity contribution in [2.75, 3.05) is 51.3 Å². The summed E-state index contributed by atoms with van der Waals surface area (Å²) >= 11 is 0. The lowest BCUT2D eigenvalue weighted by molar-refractivity contribution is 0.0252. The third kappa shape index (κ3) is 4.82. The Labute approximate surface area is 162 Å². The van der Waals surface area contributed by atoms with Gasteiger partial charge in [-0.25, -0.2) is 9.48 Å². The van der Waals surface area contributed by atoms with Crippen LogP contribution in [0, 0.1) is 5.92 Å². The summed E-state index contributed by atoms with van der Waals surface area (Å²) in [6, 6.07) is 2.39. The van der Waals surface area contributed by atoms with Crippen LogP contribution in [0.5, 0.6) is 0 Å². The predicted molar refractivity (Wildman–Crippen MR) is 105 cm³/mol. The number of nitrogens with one attached hydrogen (secondary N) is 1. The smallest absolute Gasteiger partial charge is 0.323 e. The quantitative estimate of drug-likeness (QED) is 0.879. The molecule has 1 unspecified atom stereocenters. The van der Waals surface area contributed by atoms with E-state index in [9.17, 15) is 4.79 Å². The lowest BCUT2D eigenvalue weighted by Crippen LogP contribution is -2.47. The van der Waals surface area contributed by atoms with Gasteiger partial charge in [-0.2, -0.15) is 5.10 Å². The van der Waals surface area contributed by atoms with Gasteiger partial charge in [-0.1, -0.05) is 19.3 Å². The summed E-state index contributed by atoms with van der Waals surface area (Å²) in [5.74, 6) is 1.41. The molecule has 0 spiro atoms. The first-order valence-electron chi connectivity index (χ1n) is 10.7. The number of piperidine rings is 1. The largest absolute Gasteiger partial charge is 0.379 e. The topological polar surface area (TPSA) is 62.6 Å². The van der Waals surface area contributed by atoms with Gasteiger partial charge >= 0.3 is 6.03 Å². The number of ether oxygens (including phenoxy) is 1. The summed E-state index contributed by atoms with van der Waals surface area (Å²) < 4.78 is 7.48. The summed E-state index contributed by atoms with van der Waals surface area (Å²) in [5, 5.41) is 7.63. The van der Waals surface area contributed by atoms with Crippen molar-refractivity contribution in [1.29, 1.82) is 0 Å². The molecule has 3 heterocycles. The minimum atomic E-state index is 0.0271. The lowest BCUT2D eigenvalue weighted by Gasteiger charge is -2.36. The van der Waals surface area contributed by atoms with Crippen molar-refractivity contribution in [3.8, 4) is 0 Å². The Morgan fingerprint density at radius 3 is 2.74 bits per heavy atom. The molecule has 1 N–H and O–H groups in total. The second-order valence-electron chi connectivity index (χ2n) is 8.25. The number of urea groups is 1. The van der Waals surface area contributed by atoms with E-state index in [1.54, 1.807) is 0 Å². The van der Waals surface area contributed by atoms with Crippen LogP contribution in [0.1, 0.15) is 51.0 Å². The van der Waals surface area contributed by atoms with Gasteiger partial charge in [0.25, 0.3) is 0 Å². The van der Waals surface area contributed by atoms with E-state index in [-0.39, 0.29) is 6.03 Å². The van der Waals surface area contributed by atoms with E-state index in [1.807, 2.05) is 21.8 Å². The van der Waals surface area contributed by atoms with Gasteiger partial charge in [-0.05, 0) is 31.6 Å². The van der Waals surface area contributed by atoms with Crippen molar-refractivity contribution in [2.24, 2.45) is 5.92 Å². The van der Waals surface area contributed by atoms with Crippen molar-refractivity contribution >= 4 is 11.8 Å². The van der Waals surface area contributed by atoms with Gasteiger partial charge in [0.1, 0.15) is 5.82 Å². The number of hydrogen-bond acceptors (Lipinski definition) is 4. The maximum atomic E-state index is 12.9. The third-order valence-corrected chi connectivity index (χ3v) is 6.25. The molecule has 0 radical (unpaired) electrons. The summed E-state index contributed by atoms with van der Waals surface area (Å²) in [4.78, 5) is 17.4. The van der Waals surface area contributed by atoms with Crippen LogP contribution in [0.4, 0.5) is 10.6 Å². The molecular weight excluding hydrogens is 342 g/mol. The molecule has 1 aromatic rings. The van der Waals surface area contributed by atoms with E-state index in [1.165, 1.54) is 25.7 Å². The van der Waals surface area contributed by atoms with E-state index in [0.29, 0.717) is 12.0 Å². The van der Waals surface area contributed by atoms with Gasteiger partial charge in [-0.3, -0.25) is 10.2 Å². The zero-order valence-corrected chi connectivity index (χ0v) is 16.3. The highest BCUT2D eigenvalue weighted by Gasteiger charge is 2.27. The second-order valence-corrected chi connectivity index (χ2v) is 8.25. The Morgan fingerprint density at radius 1 is 1.11 bits per heavy atom. The van der Waals surface area contributed by atoms with Crippen LogP contribution in [-0.4, -0.2) is 71.5 Å². The summed E-state index contributed by atoms with van der Waals surface area (Å²) in [6.45, 7) is 6.48. The van der Waals surface area contributed by atoms with Crippen LogP contribution >= 0.6 is 0 Å². The molecule has 4 rings (SSSR count). The third-order valence-electron chi connectivity index (χ3n) is 6.25. The van der Waals surface area contributed by atoms with E-state index in [4.69, 9.17) is 4.74 Å². The minimum Gasteiger partial charge on any atom is -0.379 e. The molecule has 0 aromatic carbocycles. The molecule has 2 aliphatic heterocycles. The molecule has 2 saturated heterocycles. The summed E-state index contributed by atoms with van der Waals surface area (Å²) in [5.41, 5.74) is 0. The van der Waals surface area contributed by atoms with Crippen molar-refractivity contribution in [1.82, 2.24) is 19.6 Å². The first-order chi connectivity index (χ1) is 13.3. The first kappa shape index (κ1) is 18.7. The van der Waals surface area contributed by atoms with Gasteiger partial charge in [0, 0.05) is 38.8 Å². The fourth-order valence-corrected chi connectivity index (χ4v) is 4.77. The Bertz CT molecular complexity index is 607. The van der Waals surface area contributed by atoms with Crippen LogP contribution in [0.2, 0.25) is 0 Å². The standard InChI is InChI=1S/C20H33N5O2/c26-20(22-19-8-9-21-25(19)18-6-2-1-3-7-18)24-10-4-5-17(16-24)15-23-11-13-27-14-12-23/h8-9,17-18H,1-7,10-16H2,(H,22,26). The van der Waals surface area contributed by atoms with Crippen molar-refractivity contribution < 1.29 is 9.53 Å². The average molecular weight is 376 g/mol. The number of morpholine rings is 1. The monoisotopic (exact) mass is 375 g/mol. The molecule has 2 amide bonds. The van der Waals surface area contributed by atoms with Crippen LogP contribution in [0.15, 0.2) is 12.3 Å². The number of carbonyl (C=O) groups excluding carboxylic acids is 1. The maximum absolute atomic E-state index is 12.9. The molecular formula is C20H33N5O2. The number of aromatic nitrogens is 2. The van der Waals surface area contributed by atoms with Gasteiger partial charge in [0.2, 0.25) is 0 Å². The molecule has 27 heavy (non-hydrogen) atoms. The van der Waals surface area contributed by atoms with E-state index in [2.05, 4.69) is 15.3 Å². The number of carbonyl (C=O) groups is 1. The fraction of sp³-hybridized carbons (Fsp3) is 0.800. The molecule has 1 aliphatic carbocycles. The predicted octanol–water partition coefficient (Wildman–Crippen LogP) is 2.96. The number of anilines is 1. The molecule has 1 saturated carbocycles. The normalized spacial score (nSPS) is 25.5. The molecule has 1 aromatic heterocycles. The molecule has 3 fully saturated rings. The van der Waals surface area contributed by atoms with Crippen LogP contribution in [0.3, 0.4) is 0 Å². The maximum Gasteiger partial charge on any atom is 0.323 e. The molecule has 7 nitrogen and oxygen atoms in total. The zero-order chi connectivity index (χ0) is 18.5. The Kier molecular flexibility index (Phi) is 6.29. The molecule has 1 atom stereocenters. The van der Waals surface area contributed by atoms with Crippen molar-refractivity contribution in [3.05, 3.63) is 12.3 Å². The Morgan fingerprint density at radius 2 is 1.93 bits per heavy atom. The minimum absolute atomic E-state index is 0.0271. The van der Waals surface area contributed by atoms with Crippen LogP contribution < -0.4 is 5.32 Å². The highest BCUT2D eigenvalue weighted by atomic mass is 16.5. The van der Waals surface area contributed by atoms with E-state index >= 15 is 0 Å². The number of nitrogens with zero attached hydrogens (tertiary/aromatic N) is 4. The zero-order valence-electron chi connectivity index (χ0n) is 16.3. The van der Waals surface area contributed by atoms with E-state index in [0.717, 1.165) is 71.0 Å². The fourth-order valence-electron chi connectivity index (χ4n) is 4.77. The van der Waals surface area contributed by atoms with Crippen molar-refractivity contribution in [3.63, 3.8) is 0 Å².